The van der Waals surface area contributed by atoms with Gasteiger partial charge in [-0.2, -0.15) is 0 Å². The molecule has 1 aromatic rings. The summed E-state index contributed by atoms with van der Waals surface area (Å²) in [5, 5.41) is 5.50. The maximum absolute atomic E-state index is 13.5. The van der Waals surface area contributed by atoms with Gasteiger partial charge < -0.3 is 15.5 Å². The lowest BCUT2D eigenvalue weighted by atomic mass is 10.2. The molecule has 0 bridgehead atoms. The minimum absolute atomic E-state index is 0.0495. The first-order chi connectivity index (χ1) is 9.45. The fourth-order valence-corrected chi connectivity index (χ4v) is 1.72. The van der Waals surface area contributed by atoms with Gasteiger partial charge in [-0.3, -0.25) is 0 Å². The average Bonchev–Trinajstić information content (AvgIpc) is 2.40. The SMILES string of the molecule is CNc1nc(NCCCCN(C)C(C)C)c(F)cc1F. The highest BCUT2D eigenvalue weighted by Gasteiger charge is 2.10. The number of nitrogens with zero attached hydrogens (tertiary/aromatic N) is 2. The van der Waals surface area contributed by atoms with Gasteiger partial charge in [0.25, 0.3) is 0 Å². The highest BCUT2D eigenvalue weighted by Crippen LogP contribution is 2.18. The van der Waals surface area contributed by atoms with Crippen molar-refractivity contribution in [1.29, 1.82) is 0 Å². The minimum Gasteiger partial charge on any atom is -0.371 e. The molecule has 0 aliphatic heterocycles. The molecular weight excluding hydrogens is 262 g/mol. The van der Waals surface area contributed by atoms with Crippen molar-refractivity contribution in [3.8, 4) is 0 Å². The number of anilines is 2. The van der Waals surface area contributed by atoms with E-state index in [9.17, 15) is 8.78 Å². The number of pyridine rings is 1. The molecule has 0 atom stereocenters. The monoisotopic (exact) mass is 286 g/mol. The Bertz CT molecular complexity index is 424. The van der Waals surface area contributed by atoms with E-state index in [-0.39, 0.29) is 11.6 Å². The van der Waals surface area contributed by atoms with Crippen LogP contribution in [0, 0.1) is 11.6 Å². The summed E-state index contributed by atoms with van der Waals surface area (Å²) in [5.41, 5.74) is 0. The Kier molecular flexibility index (Phi) is 6.64. The zero-order valence-corrected chi connectivity index (χ0v) is 12.6. The van der Waals surface area contributed by atoms with Crippen LogP contribution in [0.3, 0.4) is 0 Å². The maximum Gasteiger partial charge on any atom is 0.168 e. The second-order valence-electron chi connectivity index (χ2n) is 5.11. The van der Waals surface area contributed by atoms with E-state index >= 15 is 0 Å². The van der Waals surface area contributed by atoms with E-state index in [1.54, 1.807) is 7.05 Å². The van der Waals surface area contributed by atoms with Gasteiger partial charge >= 0.3 is 0 Å². The Morgan fingerprint density at radius 2 is 1.85 bits per heavy atom. The number of aromatic nitrogens is 1. The molecule has 0 radical (unpaired) electrons. The standard InChI is InChI=1S/C14H24F2N4/c1-10(2)20(4)8-6-5-7-18-14-12(16)9-11(15)13(17-3)19-14/h9-10H,5-8H2,1-4H3,(H2,17,18,19). The van der Waals surface area contributed by atoms with Crippen LogP contribution in [-0.4, -0.2) is 43.1 Å². The molecular formula is C14H24F2N4. The van der Waals surface area contributed by atoms with Gasteiger partial charge in [-0.1, -0.05) is 0 Å². The van der Waals surface area contributed by atoms with Crippen LogP contribution in [0.15, 0.2) is 6.07 Å². The summed E-state index contributed by atoms with van der Waals surface area (Å²) in [5.74, 6) is -1.21. The summed E-state index contributed by atoms with van der Waals surface area (Å²) in [6.45, 7) is 5.91. The summed E-state index contributed by atoms with van der Waals surface area (Å²) in [4.78, 5) is 6.13. The third-order valence-electron chi connectivity index (χ3n) is 3.28. The third-order valence-corrected chi connectivity index (χ3v) is 3.28. The van der Waals surface area contributed by atoms with Gasteiger partial charge in [0.2, 0.25) is 0 Å². The summed E-state index contributed by atoms with van der Waals surface area (Å²) in [7, 11) is 3.63. The van der Waals surface area contributed by atoms with Crippen LogP contribution < -0.4 is 10.6 Å². The van der Waals surface area contributed by atoms with Crippen molar-refractivity contribution >= 4 is 11.6 Å². The number of halogens is 2. The van der Waals surface area contributed by atoms with Gasteiger partial charge in [-0.05, 0) is 40.3 Å². The number of hydrogen-bond donors (Lipinski definition) is 2. The number of nitrogens with one attached hydrogen (secondary N) is 2. The molecule has 20 heavy (non-hydrogen) atoms. The largest absolute Gasteiger partial charge is 0.371 e. The van der Waals surface area contributed by atoms with E-state index in [0.29, 0.717) is 12.6 Å². The van der Waals surface area contributed by atoms with Crippen molar-refractivity contribution in [1.82, 2.24) is 9.88 Å². The molecule has 0 unspecified atom stereocenters. The molecule has 1 heterocycles. The van der Waals surface area contributed by atoms with Gasteiger partial charge in [-0.25, -0.2) is 13.8 Å². The molecule has 1 aromatic heterocycles. The Morgan fingerprint density at radius 1 is 1.20 bits per heavy atom. The van der Waals surface area contributed by atoms with Gasteiger partial charge in [0.15, 0.2) is 23.3 Å². The molecule has 2 N–H and O–H groups in total. The number of rotatable bonds is 8. The van der Waals surface area contributed by atoms with Crippen molar-refractivity contribution in [3.05, 3.63) is 17.7 Å². The molecule has 6 heteroatoms. The number of unbranched alkanes of at least 4 members (excludes halogenated alkanes) is 1. The fourth-order valence-electron chi connectivity index (χ4n) is 1.72. The lowest BCUT2D eigenvalue weighted by molar-refractivity contribution is 0.269. The molecule has 0 saturated carbocycles. The smallest absolute Gasteiger partial charge is 0.168 e. The zero-order valence-electron chi connectivity index (χ0n) is 12.6. The van der Waals surface area contributed by atoms with Crippen molar-refractivity contribution in [2.45, 2.75) is 32.7 Å². The second-order valence-corrected chi connectivity index (χ2v) is 5.11. The van der Waals surface area contributed by atoms with Crippen molar-refractivity contribution in [2.24, 2.45) is 0 Å². The van der Waals surface area contributed by atoms with Gasteiger partial charge in [0.1, 0.15) is 0 Å². The topological polar surface area (TPSA) is 40.2 Å². The van der Waals surface area contributed by atoms with Crippen molar-refractivity contribution < 1.29 is 8.78 Å². The minimum atomic E-state index is -0.686. The summed E-state index contributed by atoms with van der Waals surface area (Å²) in [6.07, 6.45) is 1.92. The summed E-state index contributed by atoms with van der Waals surface area (Å²) in [6, 6.07) is 1.37. The van der Waals surface area contributed by atoms with Gasteiger partial charge in [-0.15, -0.1) is 0 Å². The predicted molar refractivity (Wildman–Crippen MR) is 79.2 cm³/mol. The number of hydrogen-bond acceptors (Lipinski definition) is 4. The first-order valence-electron chi connectivity index (χ1n) is 6.93. The molecule has 4 nitrogen and oxygen atoms in total. The van der Waals surface area contributed by atoms with Gasteiger partial charge in [0.05, 0.1) is 0 Å². The van der Waals surface area contributed by atoms with Crippen molar-refractivity contribution in [3.63, 3.8) is 0 Å². The van der Waals surface area contributed by atoms with Crippen LogP contribution in [0.2, 0.25) is 0 Å². The molecule has 0 aliphatic carbocycles. The fraction of sp³-hybridized carbons (Fsp3) is 0.643. The first kappa shape index (κ1) is 16.6. The van der Waals surface area contributed by atoms with Gasteiger partial charge in [0, 0.05) is 25.7 Å². The Hall–Kier alpha value is -1.43. The molecule has 0 aromatic carbocycles. The first-order valence-corrected chi connectivity index (χ1v) is 6.93. The van der Waals surface area contributed by atoms with Crippen LogP contribution in [-0.2, 0) is 0 Å². The summed E-state index contributed by atoms with van der Waals surface area (Å²) >= 11 is 0. The molecule has 0 fully saturated rings. The van der Waals surface area contributed by atoms with Crippen LogP contribution in [0.25, 0.3) is 0 Å². The molecule has 0 spiro atoms. The van der Waals surface area contributed by atoms with E-state index in [2.05, 4.69) is 41.4 Å². The highest BCUT2D eigenvalue weighted by molar-refractivity contribution is 5.47. The van der Waals surface area contributed by atoms with E-state index < -0.39 is 11.6 Å². The quantitative estimate of drug-likeness (QED) is 0.721. The zero-order chi connectivity index (χ0) is 15.1. The Morgan fingerprint density at radius 3 is 2.45 bits per heavy atom. The lowest BCUT2D eigenvalue weighted by Crippen LogP contribution is -2.27. The average molecular weight is 286 g/mol. The highest BCUT2D eigenvalue weighted by atomic mass is 19.1. The molecule has 1 rings (SSSR count). The predicted octanol–water partition coefficient (Wildman–Crippen LogP) is 2.93. The molecule has 0 amide bonds. The lowest BCUT2D eigenvalue weighted by Gasteiger charge is -2.20. The van der Waals surface area contributed by atoms with Crippen LogP contribution >= 0.6 is 0 Å². The van der Waals surface area contributed by atoms with E-state index in [1.807, 2.05) is 0 Å². The van der Waals surface area contributed by atoms with E-state index in [4.69, 9.17) is 0 Å². The molecule has 114 valence electrons. The van der Waals surface area contributed by atoms with Crippen molar-refractivity contribution in [2.75, 3.05) is 37.8 Å². The second kappa shape index (κ2) is 7.99. The normalized spacial score (nSPS) is 11.2. The maximum atomic E-state index is 13.5. The molecule has 0 saturated heterocycles. The van der Waals surface area contributed by atoms with E-state index in [0.717, 1.165) is 25.5 Å². The van der Waals surface area contributed by atoms with Crippen LogP contribution in [0.4, 0.5) is 20.4 Å². The Labute approximate surface area is 119 Å². The Balaban J connectivity index is 2.39. The molecule has 0 aliphatic rings. The summed E-state index contributed by atoms with van der Waals surface area (Å²) < 4.78 is 26.7. The van der Waals surface area contributed by atoms with Crippen LogP contribution in [0.1, 0.15) is 26.7 Å². The van der Waals surface area contributed by atoms with Crippen LogP contribution in [0.5, 0.6) is 0 Å². The third kappa shape index (κ3) is 4.92. The van der Waals surface area contributed by atoms with E-state index in [1.165, 1.54) is 0 Å².